The molecule has 4 rings (SSSR count). The minimum Gasteiger partial charge on any atom is -0.458 e. The van der Waals surface area contributed by atoms with Crippen LogP contribution in [0, 0.1) is 6.92 Å². The van der Waals surface area contributed by atoms with Crippen LogP contribution >= 0.6 is 11.6 Å². The highest BCUT2D eigenvalue weighted by Gasteiger charge is 2.51. The van der Waals surface area contributed by atoms with Gasteiger partial charge in [0, 0.05) is 17.1 Å². The van der Waals surface area contributed by atoms with E-state index in [1.54, 1.807) is 37.3 Å². The molecular weight excluding hydrogens is 390 g/mol. The zero-order valence-electron chi connectivity index (χ0n) is 15.9. The molecule has 0 saturated carbocycles. The molecule has 1 atom stereocenters. The number of ketones is 1. The number of rotatable bonds is 6. The van der Waals surface area contributed by atoms with E-state index in [1.165, 1.54) is 4.90 Å². The van der Waals surface area contributed by atoms with Crippen LogP contribution in [0.15, 0.2) is 65.1 Å². The molecule has 0 saturated heterocycles. The van der Waals surface area contributed by atoms with Gasteiger partial charge in [-0.15, -0.1) is 0 Å². The molecule has 148 valence electrons. The maximum absolute atomic E-state index is 13.2. The van der Waals surface area contributed by atoms with Crippen LogP contribution in [0.5, 0.6) is 0 Å². The predicted molar refractivity (Wildman–Crippen MR) is 110 cm³/mol. The van der Waals surface area contributed by atoms with Gasteiger partial charge in [-0.25, -0.2) is 0 Å². The number of furan rings is 1. The lowest BCUT2D eigenvalue weighted by atomic mass is 9.89. The van der Waals surface area contributed by atoms with E-state index in [2.05, 4.69) is 0 Å². The number of Topliss-reactive ketones (excluding diaryl/α,β-unsaturated/α-hetero) is 1. The molecule has 2 heterocycles. The van der Waals surface area contributed by atoms with Crippen LogP contribution in [0.25, 0.3) is 0 Å². The van der Waals surface area contributed by atoms with Gasteiger partial charge in [-0.2, -0.15) is 0 Å². The Hall–Kier alpha value is -2.89. The highest BCUT2D eigenvalue weighted by atomic mass is 35.5. The van der Waals surface area contributed by atoms with Gasteiger partial charge >= 0.3 is 0 Å². The molecule has 0 aliphatic carbocycles. The lowest BCUT2D eigenvalue weighted by Crippen LogP contribution is -2.42. The predicted octanol–water partition coefficient (Wildman–Crippen LogP) is 4.29. The van der Waals surface area contributed by atoms with Crippen LogP contribution in [-0.4, -0.2) is 23.3 Å². The summed E-state index contributed by atoms with van der Waals surface area (Å²) in [5.41, 5.74) is 0.0173. The zero-order valence-corrected chi connectivity index (χ0v) is 16.6. The van der Waals surface area contributed by atoms with Crippen LogP contribution in [0.3, 0.4) is 0 Å². The molecule has 29 heavy (non-hydrogen) atoms. The Morgan fingerprint density at radius 1 is 1.14 bits per heavy atom. The van der Waals surface area contributed by atoms with E-state index in [9.17, 15) is 14.7 Å². The normalized spacial score (nSPS) is 18.2. The summed E-state index contributed by atoms with van der Waals surface area (Å²) < 4.78 is 5.37. The van der Waals surface area contributed by atoms with E-state index in [1.807, 2.05) is 30.3 Å². The molecule has 1 aromatic heterocycles. The first kappa shape index (κ1) is 19.4. The number of aliphatic hydroxyl groups is 1. The summed E-state index contributed by atoms with van der Waals surface area (Å²) in [5.74, 6) is -0.256. The number of anilines is 1. The number of halogens is 1. The maximum atomic E-state index is 13.2. The van der Waals surface area contributed by atoms with E-state index in [0.717, 1.165) is 5.56 Å². The summed E-state index contributed by atoms with van der Waals surface area (Å²) in [7, 11) is 0. The van der Waals surface area contributed by atoms with Crippen molar-refractivity contribution in [3.63, 3.8) is 0 Å². The Morgan fingerprint density at radius 2 is 1.90 bits per heavy atom. The number of hydrogen-bond donors (Lipinski definition) is 1. The molecule has 1 aliphatic rings. The quantitative estimate of drug-likeness (QED) is 0.616. The summed E-state index contributed by atoms with van der Waals surface area (Å²) in [6, 6.07) is 17.9. The van der Waals surface area contributed by atoms with Gasteiger partial charge in [0.25, 0.3) is 5.91 Å². The first-order chi connectivity index (χ1) is 13.9. The minimum atomic E-state index is -1.98. The number of hydrogen-bond acceptors (Lipinski definition) is 4. The van der Waals surface area contributed by atoms with Crippen molar-refractivity contribution in [3.8, 4) is 0 Å². The van der Waals surface area contributed by atoms with Crippen LogP contribution in [0.4, 0.5) is 5.69 Å². The Balaban J connectivity index is 1.65. The average molecular weight is 410 g/mol. The van der Waals surface area contributed by atoms with Gasteiger partial charge in [0.05, 0.1) is 12.1 Å². The number of amides is 1. The van der Waals surface area contributed by atoms with Crippen LogP contribution in [0.1, 0.15) is 33.9 Å². The van der Waals surface area contributed by atoms with Crippen molar-refractivity contribution in [3.05, 3.63) is 88.3 Å². The monoisotopic (exact) mass is 409 g/mol. The molecule has 1 N–H and O–H groups in total. The molecule has 3 aromatic rings. The van der Waals surface area contributed by atoms with E-state index >= 15 is 0 Å². The first-order valence-electron chi connectivity index (χ1n) is 9.36. The van der Waals surface area contributed by atoms with E-state index < -0.39 is 23.7 Å². The molecule has 0 bridgehead atoms. The highest BCUT2D eigenvalue weighted by Crippen LogP contribution is 2.44. The molecule has 2 aromatic carbocycles. The van der Waals surface area contributed by atoms with Crippen LogP contribution < -0.4 is 4.90 Å². The van der Waals surface area contributed by atoms with E-state index in [0.29, 0.717) is 35.0 Å². The molecule has 1 amide bonds. The smallest absolute Gasteiger partial charge is 0.264 e. The lowest BCUT2D eigenvalue weighted by molar-refractivity contribution is -0.135. The van der Waals surface area contributed by atoms with Crippen molar-refractivity contribution in [1.82, 2.24) is 0 Å². The van der Waals surface area contributed by atoms with Crippen LogP contribution in [-0.2, 0) is 16.8 Å². The number of benzene rings is 2. The van der Waals surface area contributed by atoms with Crippen molar-refractivity contribution in [2.45, 2.75) is 25.4 Å². The van der Waals surface area contributed by atoms with Gasteiger partial charge in [-0.3, -0.25) is 9.59 Å². The fourth-order valence-corrected chi connectivity index (χ4v) is 3.88. The number of nitrogens with zero attached hydrogens (tertiary/aromatic N) is 1. The van der Waals surface area contributed by atoms with Crippen molar-refractivity contribution < 1.29 is 19.1 Å². The van der Waals surface area contributed by atoms with Crippen molar-refractivity contribution >= 4 is 29.0 Å². The molecular formula is C23H20ClNO4. The van der Waals surface area contributed by atoms with Gasteiger partial charge in [0.2, 0.25) is 5.78 Å². The second-order valence-electron chi connectivity index (χ2n) is 7.22. The summed E-state index contributed by atoms with van der Waals surface area (Å²) in [6.07, 6.45) is 0.212. The fourth-order valence-electron chi connectivity index (χ4n) is 3.71. The maximum Gasteiger partial charge on any atom is 0.264 e. The van der Waals surface area contributed by atoms with E-state index in [-0.39, 0.29) is 5.76 Å². The largest absolute Gasteiger partial charge is 0.458 e. The molecule has 6 heteroatoms. The second-order valence-corrected chi connectivity index (χ2v) is 7.66. The third kappa shape index (κ3) is 3.59. The SMILES string of the molecule is Cc1ccc(C(=O)C[C@]2(O)C(=O)N(CCc3ccccc3)c3ccc(Cl)cc32)o1. The Bertz CT molecular complexity index is 1080. The molecule has 5 nitrogen and oxygen atoms in total. The third-order valence-electron chi connectivity index (χ3n) is 5.19. The van der Waals surface area contributed by atoms with Gasteiger partial charge in [0.1, 0.15) is 5.76 Å². The molecule has 1 aliphatic heterocycles. The standard InChI is InChI=1S/C23H20ClNO4/c1-15-7-10-21(29-15)20(26)14-23(28)18-13-17(24)8-9-19(18)25(22(23)27)12-11-16-5-3-2-4-6-16/h2-10,13,28H,11-12,14H2,1H3/t23-/m1/s1. The lowest BCUT2D eigenvalue weighted by Gasteiger charge is -2.22. The summed E-state index contributed by atoms with van der Waals surface area (Å²) >= 11 is 6.13. The van der Waals surface area contributed by atoms with Gasteiger partial charge in [-0.1, -0.05) is 41.9 Å². The zero-order chi connectivity index (χ0) is 20.6. The second kappa shape index (κ2) is 7.50. The molecule has 0 fully saturated rings. The van der Waals surface area contributed by atoms with Gasteiger partial charge in [0.15, 0.2) is 11.4 Å². The summed E-state index contributed by atoms with van der Waals surface area (Å²) in [5, 5.41) is 11.7. The number of aryl methyl sites for hydroxylation is 1. The minimum absolute atomic E-state index is 0.120. The Labute approximate surface area is 173 Å². The summed E-state index contributed by atoms with van der Waals surface area (Å²) in [6.45, 7) is 2.11. The van der Waals surface area contributed by atoms with E-state index in [4.69, 9.17) is 16.0 Å². The van der Waals surface area contributed by atoms with Crippen molar-refractivity contribution in [2.75, 3.05) is 11.4 Å². The third-order valence-corrected chi connectivity index (χ3v) is 5.43. The summed E-state index contributed by atoms with van der Waals surface area (Å²) in [4.78, 5) is 27.5. The number of fused-ring (bicyclic) bond motifs is 1. The highest BCUT2D eigenvalue weighted by molar-refractivity contribution is 6.31. The average Bonchev–Trinajstić information content (AvgIpc) is 3.23. The van der Waals surface area contributed by atoms with Gasteiger partial charge < -0.3 is 14.4 Å². The molecule has 0 unspecified atom stereocenters. The van der Waals surface area contributed by atoms with Crippen molar-refractivity contribution in [2.24, 2.45) is 0 Å². The fraction of sp³-hybridized carbons (Fsp3) is 0.217. The molecule has 0 radical (unpaired) electrons. The van der Waals surface area contributed by atoms with Crippen molar-refractivity contribution in [1.29, 1.82) is 0 Å². The molecule has 0 spiro atoms. The Morgan fingerprint density at radius 3 is 2.59 bits per heavy atom. The Kier molecular flexibility index (Phi) is 5.03. The van der Waals surface area contributed by atoms with Crippen LogP contribution in [0.2, 0.25) is 5.02 Å². The topological polar surface area (TPSA) is 70.8 Å². The number of carbonyl (C=O) groups is 2. The van der Waals surface area contributed by atoms with Gasteiger partial charge in [-0.05, 0) is 49.2 Å². The first-order valence-corrected chi connectivity index (χ1v) is 9.74. The number of carbonyl (C=O) groups excluding carboxylic acids is 2.